The van der Waals surface area contributed by atoms with Gasteiger partial charge in [0.1, 0.15) is 5.82 Å². The van der Waals surface area contributed by atoms with Gasteiger partial charge < -0.3 is 0 Å². The summed E-state index contributed by atoms with van der Waals surface area (Å²) >= 11 is 5.62. The van der Waals surface area contributed by atoms with Gasteiger partial charge >= 0.3 is 0 Å². The fourth-order valence-corrected chi connectivity index (χ4v) is 1.19. The van der Waals surface area contributed by atoms with Crippen LogP contribution in [0.25, 0.3) is 0 Å². The quantitative estimate of drug-likeness (QED) is 0.657. The number of nitrogens with zero attached hydrogens (tertiary/aromatic N) is 1. The summed E-state index contributed by atoms with van der Waals surface area (Å²) in [4.78, 5) is 0. The number of rotatable bonds is 1. The average molecular weight is 184 g/mol. The Kier molecular flexibility index (Phi) is 2.67. The molecule has 0 amide bonds. The summed E-state index contributed by atoms with van der Waals surface area (Å²) in [5.74, 6) is -0.457. The lowest BCUT2D eigenvalue weighted by Crippen LogP contribution is -1.89. The van der Waals surface area contributed by atoms with Crippen LogP contribution >= 0.6 is 11.6 Å². The van der Waals surface area contributed by atoms with Crippen LogP contribution in [0.4, 0.5) is 4.39 Å². The summed E-state index contributed by atoms with van der Waals surface area (Å²) < 4.78 is 12.9. The van der Waals surface area contributed by atoms with Gasteiger partial charge in [-0.25, -0.2) is 4.39 Å². The Bertz CT molecular complexity index is 341. The minimum absolute atomic E-state index is 0.0575. The van der Waals surface area contributed by atoms with Crippen molar-refractivity contribution in [3.8, 4) is 6.07 Å². The van der Waals surface area contributed by atoms with Crippen molar-refractivity contribution in [2.45, 2.75) is 13.3 Å². The van der Waals surface area contributed by atoms with Crippen LogP contribution in [0.2, 0.25) is 5.02 Å². The molecule has 0 fully saturated rings. The number of halogens is 2. The molecule has 0 aliphatic carbocycles. The van der Waals surface area contributed by atoms with Gasteiger partial charge in [-0.05, 0) is 24.1 Å². The molecule has 1 rings (SSSR count). The first-order chi connectivity index (χ1) is 5.65. The fourth-order valence-electron chi connectivity index (χ4n) is 1.01. The largest absolute Gasteiger partial charge is 0.205 e. The molecule has 62 valence electrons. The number of aryl methyl sites for hydroxylation is 1. The lowest BCUT2D eigenvalue weighted by Gasteiger charge is -2.01. The molecule has 0 saturated heterocycles. The van der Waals surface area contributed by atoms with E-state index in [4.69, 9.17) is 16.9 Å². The van der Waals surface area contributed by atoms with E-state index in [1.54, 1.807) is 13.0 Å². The third-order valence-electron chi connectivity index (χ3n) is 1.52. The molecule has 0 aliphatic rings. The predicted octanol–water partition coefficient (Wildman–Crippen LogP) is 2.85. The standard InChI is InChI=1S/C9H7ClFN/c1-6-4-7(2-3-12)9(10)8(11)5-6/h4-5H,2H2,1H3. The predicted molar refractivity (Wildman–Crippen MR) is 45.5 cm³/mol. The van der Waals surface area contributed by atoms with E-state index in [1.165, 1.54) is 6.07 Å². The molecule has 12 heavy (non-hydrogen) atoms. The van der Waals surface area contributed by atoms with Gasteiger partial charge in [-0.3, -0.25) is 0 Å². The van der Waals surface area contributed by atoms with Gasteiger partial charge in [0.15, 0.2) is 0 Å². The molecule has 0 heterocycles. The molecular formula is C9H7ClFN. The maximum Gasteiger partial charge on any atom is 0.142 e. The van der Waals surface area contributed by atoms with Crippen molar-refractivity contribution in [2.75, 3.05) is 0 Å². The maximum absolute atomic E-state index is 12.9. The first-order valence-electron chi connectivity index (χ1n) is 3.46. The molecule has 0 unspecified atom stereocenters. The van der Waals surface area contributed by atoms with Gasteiger partial charge in [-0.2, -0.15) is 5.26 Å². The summed E-state index contributed by atoms with van der Waals surface area (Å²) in [6, 6.07) is 5.00. The molecule has 0 N–H and O–H groups in total. The van der Waals surface area contributed by atoms with Crippen LogP contribution in [0.5, 0.6) is 0 Å². The Morgan fingerprint density at radius 1 is 1.58 bits per heavy atom. The molecule has 0 aromatic heterocycles. The molecule has 0 bridgehead atoms. The molecule has 0 aliphatic heterocycles. The van der Waals surface area contributed by atoms with E-state index in [1.807, 2.05) is 6.07 Å². The number of nitriles is 1. The van der Waals surface area contributed by atoms with Crippen molar-refractivity contribution < 1.29 is 4.39 Å². The van der Waals surface area contributed by atoms with Crippen molar-refractivity contribution in [3.05, 3.63) is 34.1 Å². The van der Waals surface area contributed by atoms with Crippen LogP contribution in [-0.2, 0) is 6.42 Å². The van der Waals surface area contributed by atoms with Crippen molar-refractivity contribution in [1.29, 1.82) is 5.26 Å². The lowest BCUT2D eigenvalue weighted by atomic mass is 10.1. The van der Waals surface area contributed by atoms with Crippen molar-refractivity contribution in [3.63, 3.8) is 0 Å². The zero-order chi connectivity index (χ0) is 9.14. The summed E-state index contributed by atoms with van der Waals surface area (Å²) in [6.45, 7) is 1.76. The van der Waals surface area contributed by atoms with E-state index in [2.05, 4.69) is 0 Å². The number of hydrogen-bond donors (Lipinski definition) is 0. The maximum atomic E-state index is 12.9. The zero-order valence-corrected chi connectivity index (χ0v) is 7.32. The summed E-state index contributed by atoms with van der Waals surface area (Å²) in [5, 5.41) is 8.45. The third kappa shape index (κ3) is 1.75. The van der Waals surface area contributed by atoms with Gasteiger partial charge in [-0.1, -0.05) is 17.7 Å². The van der Waals surface area contributed by atoms with Gasteiger partial charge in [0.25, 0.3) is 0 Å². The topological polar surface area (TPSA) is 23.8 Å². The minimum atomic E-state index is -0.457. The monoisotopic (exact) mass is 183 g/mol. The molecule has 0 saturated carbocycles. The van der Waals surface area contributed by atoms with Crippen LogP contribution in [-0.4, -0.2) is 0 Å². The van der Waals surface area contributed by atoms with E-state index < -0.39 is 5.82 Å². The second-order valence-electron chi connectivity index (χ2n) is 2.55. The molecule has 1 aromatic carbocycles. The van der Waals surface area contributed by atoms with E-state index in [9.17, 15) is 4.39 Å². The van der Waals surface area contributed by atoms with Gasteiger partial charge in [-0.15, -0.1) is 0 Å². The van der Waals surface area contributed by atoms with Crippen molar-refractivity contribution in [2.24, 2.45) is 0 Å². The average Bonchev–Trinajstić information content (AvgIpc) is 2.00. The molecule has 3 heteroatoms. The Hall–Kier alpha value is -1.07. The highest BCUT2D eigenvalue weighted by Gasteiger charge is 2.06. The first-order valence-corrected chi connectivity index (χ1v) is 3.84. The highest BCUT2D eigenvalue weighted by atomic mass is 35.5. The molecule has 1 nitrogen and oxygen atoms in total. The van der Waals surface area contributed by atoms with E-state index in [0.717, 1.165) is 5.56 Å². The second-order valence-corrected chi connectivity index (χ2v) is 2.93. The summed E-state index contributed by atoms with van der Waals surface area (Å²) in [5.41, 5.74) is 1.33. The fraction of sp³-hybridized carbons (Fsp3) is 0.222. The van der Waals surface area contributed by atoms with E-state index in [-0.39, 0.29) is 11.4 Å². The SMILES string of the molecule is Cc1cc(F)c(Cl)c(CC#N)c1. The smallest absolute Gasteiger partial charge is 0.142 e. The first kappa shape index (κ1) is 9.02. The molecule has 0 radical (unpaired) electrons. The summed E-state index contributed by atoms with van der Waals surface area (Å²) in [7, 11) is 0. The highest BCUT2D eigenvalue weighted by Crippen LogP contribution is 2.21. The second kappa shape index (κ2) is 3.55. The Morgan fingerprint density at radius 2 is 2.25 bits per heavy atom. The molecule has 0 spiro atoms. The number of benzene rings is 1. The van der Waals surface area contributed by atoms with Crippen LogP contribution < -0.4 is 0 Å². The van der Waals surface area contributed by atoms with Crippen LogP contribution in [0.3, 0.4) is 0 Å². The third-order valence-corrected chi connectivity index (χ3v) is 1.94. The highest BCUT2D eigenvalue weighted by molar-refractivity contribution is 6.31. The van der Waals surface area contributed by atoms with E-state index >= 15 is 0 Å². The molecular weight excluding hydrogens is 177 g/mol. The lowest BCUT2D eigenvalue weighted by molar-refractivity contribution is 0.625. The Morgan fingerprint density at radius 3 is 2.83 bits per heavy atom. The van der Waals surface area contributed by atoms with E-state index in [0.29, 0.717) is 5.56 Å². The minimum Gasteiger partial charge on any atom is -0.205 e. The van der Waals surface area contributed by atoms with Gasteiger partial charge in [0.05, 0.1) is 17.5 Å². The van der Waals surface area contributed by atoms with Crippen LogP contribution in [0.15, 0.2) is 12.1 Å². The van der Waals surface area contributed by atoms with Gasteiger partial charge in [0, 0.05) is 0 Å². The molecule has 1 aromatic rings. The normalized spacial score (nSPS) is 9.50. The van der Waals surface area contributed by atoms with Crippen LogP contribution in [0.1, 0.15) is 11.1 Å². The number of hydrogen-bond acceptors (Lipinski definition) is 1. The van der Waals surface area contributed by atoms with Gasteiger partial charge in [0.2, 0.25) is 0 Å². The van der Waals surface area contributed by atoms with Crippen molar-refractivity contribution >= 4 is 11.6 Å². The Balaban J connectivity index is 3.20. The summed E-state index contributed by atoms with van der Waals surface area (Å²) in [6.07, 6.45) is 0.150. The zero-order valence-electron chi connectivity index (χ0n) is 6.56. The van der Waals surface area contributed by atoms with Crippen LogP contribution in [0, 0.1) is 24.1 Å². The van der Waals surface area contributed by atoms with Crippen molar-refractivity contribution in [1.82, 2.24) is 0 Å². The molecule has 0 atom stereocenters. The Labute approximate surface area is 75.4 Å².